The summed E-state index contributed by atoms with van der Waals surface area (Å²) in [7, 11) is 0. The van der Waals surface area contributed by atoms with Gasteiger partial charge in [0.25, 0.3) is 0 Å². The number of nitrogens with zero attached hydrogens (tertiary/aromatic N) is 1. The van der Waals surface area contributed by atoms with E-state index in [9.17, 15) is 10.1 Å². The average molecular weight is 330 g/mol. The highest BCUT2D eigenvalue weighted by molar-refractivity contribution is 9.10. The van der Waals surface area contributed by atoms with Crippen LogP contribution in [0.25, 0.3) is 0 Å². The number of ether oxygens (including phenoxy) is 2. The molecule has 0 unspecified atom stereocenters. The predicted molar refractivity (Wildman–Crippen MR) is 74.6 cm³/mol. The second-order valence-electron chi connectivity index (χ2n) is 4.72. The normalized spacial score (nSPS) is 16.3. The zero-order valence-corrected chi connectivity index (χ0v) is 12.3. The van der Waals surface area contributed by atoms with Crippen LogP contribution in [0.15, 0.2) is 16.6 Å². The molecule has 0 bridgehead atoms. The van der Waals surface area contributed by atoms with E-state index in [0.717, 1.165) is 31.6 Å². The first-order valence-corrected chi connectivity index (χ1v) is 7.02. The van der Waals surface area contributed by atoms with Gasteiger partial charge in [0, 0.05) is 19.3 Å². The van der Waals surface area contributed by atoms with Gasteiger partial charge >= 0.3 is 5.69 Å². The maximum Gasteiger partial charge on any atom is 0.312 e. The second-order valence-corrected chi connectivity index (χ2v) is 5.57. The van der Waals surface area contributed by atoms with Gasteiger partial charge in [-0.1, -0.05) is 0 Å². The van der Waals surface area contributed by atoms with Crippen molar-refractivity contribution < 1.29 is 14.4 Å². The summed E-state index contributed by atoms with van der Waals surface area (Å²) in [6, 6.07) is 3.36. The van der Waals surface area contributed by atoms with Crippen molar-refractivity contribution in [3.63, 3.8) is 0 Å². The van der Waals surface area contributed by atoms with Gasteiger partial charge in [-0.25, -0.2) is 0 Å². The average Bonchev–Trinajstić information content (AvgIpc) is 2.38. The van der Waals surface area contributed by atoms with E-state index in [-0.39, 0.29) is 5.69 Å². The molecule has 0 aromatic heterocycles. The van der Waals surface area contributed by atoms with Crippen LogP contribution in [0, 0.1) is 23.0 Å². The Hall–Kier alpha value is -1.14. The lowest BCUT2D eigenvalue weighted by Crippen LogP contribution is -2.21. The standard InChI is InChI=1S/C13H16BrNO4/c1-9-6-11(14)13(12(7-9)15(16)17)19-8-10-2-4-18-5-3-10/h6-7,10H,2-5,8H2,1H3. The third-order valence-corrected chi connectivity index (χ3v) is 3.76. The van der Waals surface area contributed by atoms with Crippen molar-refractivity contribution in [2.24, 2.45) is 5.92 Å². The minimum atomic E-state index is -0.406. The second kappa shape index (κ2) is 6.34. The van der Waals surface area contributed by atoms with Gasteiger partial charge in [-0.2, -0.15) is 0 Å². The van der Waals surface area contributed by atoms with Gasteiger partial charge in [-0.15, -0.1) is 0 Å². The number of rotatable bonds is 4. The first-order chi connectivity index (χ1) is 9.08. The Kier molecular flexibility index (Phi) is 4.76. The SMILES string of the molecule is Cc1cc(Br)c(OCC2CCOCC2)c([N+](=O)[O-])c1. The van der Waals surface area contributed by atoms with Gasteiger partial charge in [0.15, 0.2) is 0 Å². The van der Waals surface area contributed by atoms with Crippen molar-refractivity contribution in [2.45, 2.75) is 19.8 Å². The number of benzene rings is 1. The van der Waals surface area contributed by atoms with E-state index in [1.807, 2.05) is 13.0 Å². The largest absolute Gasteiger partial charge is 0.486 e. The highest BCUT2D eigenvalue weighted by Gasteiger charge is 2.21. The van der Waals surface area contributed by atoms with Crippen molar-refractivity contribution in [1.29, 1.82) is 0 Å². The summed E-state index contributed by atoms with van der Waals surface area (Å²) in [5.41, 5.74) is 0.843. The molecule has 1 fully saturated rings. The Morgan fingerprint density at radius 3 is 2.79 bits per heavy atom. The van der Waals surface area contributed by atoms with Gasteiger partial charge in [-0.05, 0) is 53.2 Å². The number of aryl methyl sites for hydroxylation is 1. The minimum absolute atomic E-state index is 0.0129. The van der Waals surface area contributed by atoms with Crippen molar-refractivity contribution >= 4 is 21.6 Å². The Labute approximate surface area is 120 Å². The van der Waals surface area contributed by atoms with Gasteiger partial charge in [0.05, 0.1) is 16.0 Å². The predicted octanol–water partition coefficient (Wildman–Crippen LogP) is 3.47. The number of nitro benzene ring substituents is 1. The van der Waals surface area contributed by atoms with Crippen LogP contribution in [0.3, 0.4) is 0 Å². The summed E-state index contributed by atoms with van der Waals surface area (Å²) in [6.45, 7) is 3.79. The molecular formula is C13H16BrNO4. The van der Waals surface area contributed by atoms with Gasteiger partial charge < -0.3 is 9.47 Å². The topological polar surface area (TPSA) is 61.6 Å². The highest BCUT2D eigenvalue weighted by Crippen LogP contribution is 2.36. The lowest BCUT2D eigenvalue weighted by Gasteiger charge is -2.22. The molecule has 0 amide bonds. The first-order valence-electron chi connectivity index (χ1n) is 6.23. The Morgan fingerprint density at radius 1 is 1.47 bits per heavy atom. The summed E-state index contributed by atoms with van der Waals surface area (Å²) < 4.78 is 11.6. The molecule has 0 N–H and O–H groups in total. The highest BCUT2D eigenvalue weighted by atomic mass is 79.9. The number of halogens is 1. The van der Waals surface area contributed by atoms with E-state index in [0.29, 0.717) is 22.7 Å². The number of nitro groups is 1. The van der Waals surface area contributed by atoms with Crippen LogP contribution in [-0.2, 0) is 4.74 Å². The van der Waals surface area contributed by atoms with Crippen LogP contribution >= 0.6 is 15.9 Å². The monoisotopic (exact) mass is 329 g/mol. The van der Waals surface area contributed by atoms with Gasteiger partial charge in [0.2, 0.25) is 5.75 Å². The fourth-order valence-corrected chi connectivity index (χ4v) is 2.78. The molecule has 6 heteroatoms. The van der Waals surface area contributed by atoms with Gasteiger partial charge in [0.1, 0.15) is 0 Å². The van der Waals surface area contributed by atoms with E-state index < -0.39 is 4.92 Å². The zero-order valence-electron chi connectivity index (χ0n) is 10.7. The molecule has 19 heavy (non-hydrogen) atoms. The smallest absolute Gasteiger partial charge is 0.312 e. The Balaban J connectivity index is 2.12. The van der Waals surface area contributed by atoms with Crippen LogP contribution in [0.1, 0.15) is 18.4 Å². The van der Waals surface area contributed by atoms with Crippen LogP contribution in [-0.4, -0.2) is 24.7 Å². The quantitative estimate of drug-likeness (QED) is 0.626. The van der Waals surface area contributed by atoms with Gasteiger partial charge in [-0.3, -0.25) is 10.1 Å². The molecule has 0 radical (unpaired) electrons. The molecule has 0 atom stereocenters. The van der Waals surface area contributed by atoms with E-state index >= 15 is 0 Å². The molecule has 1 aliphatic heterocycles. The molecule has 1 saturated heterocycles. The first kappa shape index (κ1) is 14.3. The molecule has 1 heterocycles. The Bertz CT molecular complexity index is 472. The van der Waals surface area contributed by atoms with Crippen LogP contribution in [0.5, 0.6) is 5.75 Å². The molecule has 1 aliphatic rings. The van der Waals surface area contributed by atoms with Crippen molar-refractivity contribution in [3.8, 4) is 5.75 Å². The number of hydrogen-bond acceptors (Lipinski definition) is 4. The molecule has 1 aromatic carbocycles. The molecule has 0 spiro atoms. The lowest BCUT2D eigenvalue weighted by atomic mass is 10.0. The third kappa shape index (κ3) is 3.67. The summed E-state index contributed by atoms with van der Waals surface area (Å²) >= 11 is 3.34. The molecule has 104 valence electrons. The van der Waals surface area contributed by atoms with Crippen LogP contribution in [0.4, 0.5) is 5.69 Å². The van der Waals surface area contributed by atoms with E-state index in [2.05, 4.69) is 15.9 Å². The van der Waals surface area contributed by atoms with Crippen molar-refractivity contribution in [3.05, 3.63) is 32.3 Å². The maximum absolute atomic E-state index is 11.1. The maximum atomic E-state index is 11.1. The van der Waals surface area contributed by atoms with E-state index in [1.165, 1.54) is 6.07 Å². The minimum Gasteiger partial charge on any atom is -0.486 e. The molecule has 5 nitrogen and oxygen atoms in total. The van der Waals surface area contributed by atoms with Crippen LogP contribution in [0.2, 0.25) is 0 Å². The Morgan fingerprint density at radius 2 is 2.16 bits per heavy atom. The summed E-state index contributed by atoms with van der Waals surface area (Å²) in [5, 5.41) is 11.1. The summed E-state index contributed by atoms with van der Waals surface area (Å²) in [6.07, 6.45) is 1.88. The number of hydrogen-bond donors (Lipinski definition) is 0. The lowest BCUT2D eigenvalue weighted by molar-refractivity contribution is -0.386. The van der Waals surface area contributed by atoms with Crippen molar-refractivity contribution in [1.82, 2.24) is 0 Å². The van der Waals surface area contributed by atoms with Crippen molar-refractivity contribution in [2.75, 3.05) is 19.8 Å². The molecular weight excluding hydrogens is 314 g/mol. The summed E-state index contributed by atoms with van der Waals surface area (Å²) in [4.78, 5) is 10.7. The fourth-order valence-electron chi connectivity index (χ4n) is 2.10. The van der Waals surface area contributed by atoms with Crippen LogP contribution < -0.4 is 4.74 Å². The zero-order chi connectivity index (χ0) is 13.8. The van der Waals surface area contributed by atoms with E-state index in [4.69, 9.17) is 9.47 Å². The molecule has 2 rings (SSSR count). The molecule has 0 aliphatic carbocycles. The molecule has 1 aromatic rings. The fraction of sp³-hybridized carbons (Fsp3) is 0.538. The third-order valence-electron chi connectivity index (χ3n) is 3.17. The molecule has 0 saturated carbocycles. The summed E-state index contributed by atoms with van der Waals surface area (Å²) in [5.74, 6) is 0.726. The van der Waals surface area contributed by atoms with E-state index in [1.54, 1.807) is 0 Å².